The van der Waals surface area contributed by atoms with Crippen molar-refractivity contribution in [2.75, 3.05) is 26.2 Å². The molecule has 9 atom stereocenters. The van der Waals surface area contributed by atoms with Crippen LogP contribution in [0.25, 0.3) is 0 Å². The van der Waals surface area contributed by atoms with Gasteiger partial charge in [-0.25, -0.2) is 4.79 Å². The Hall–Kier alpha value is -1.97. The van der Waals surface area contributed by atoms with Gasteiger partial charge in [-0.15, -0.1) is 6.58 Å². The molecule has 3 saturated carbocycles. The first-order chi connectivity index (χ1) is 18.8. The van der Waals surface area contributed by atoms with Crippen molar-refractivity contribution in [3.05, 3.63) is 12.7 Å². The highest BCUT2D eigenvalue weighted by Crippen LogP contribution is 2.69. The molecule has 0 radical (unpaired) electrons. The fourth-order valence-corrected chi connectivity index (χ4v) is 8.65. The summed E-state index contributed by atoms with van der Waals surface area (Å²) < 4.78 is 11.9. The molecule has 0 spiro atoms. The van der Waals surface area contributed by atoms with Gasteiger partial charge in [0.15, 0.2) is 0 Å². The Labute approximate surface area is 245 Å². The molecule has 2 bridgehead atoms. The highest BCUT2D eigenvalue weighted by Gasteiger charge is 2.72. The van der Waals surface area contributed by atoms with Gasteiger partial charge in [0, 0.05) is 48.8 Å². The van der Waals surface area contributed by atoms with E-state index in [4.69, 9.17) is 9.47 Å². The number of ether oxygens (including phenoxy) is 2. The van der Waals surface area contributed by atoms with Gasteiger partial charge in [0.25, 0.3) is 0 Å². The molecule has 3 aliphatic carbocycles. The first kappa shape index (κ1) is 32.0. The maximum atomic E-state index is 13.6. The minimum atomic E-state index is -1.08. The highest BCUT2D eigenvalue weighted by atomic mass is 16.6. The van der Waals surface area contributed by atoms with Crippen LogP contribution < -0.4 is 0 Å². The molecule has 1 aliphatic heterocycles. The average molecular weight is 577 g/mol. The second-order valence-electron chi connectivity index (χ2n) is 15.0. The van der Waals surface area contributed by atoms with Gasteiger partial charge < -0.3 is 24.6 Å². The average Bonchev–Trinajstić information content (AvgIpc) is 3.23. The predicted octanol–water partition coefficient (Wildman–Crippen LogP) is 3.95. The van der Waals surface area contributed by atoms with Crippen molar-refractivity contribution in [2.24, 2.45) is 28.1 Å². The molecule has 1 amide bonds. The number of aliphatic hydroxyl groups excluding tert-OH is 2. The smallest absolute Gasteiger partial charge is 0.410 e. The molecular formula is C32H52N2O7. The molecule has 4 fully saturated rings. The van der Waals surface area contributed by atoms with E-state index in [0.717, 1.165) is 0 Å². The summed E-state index contributed by atoms with van der Waals surface area (Å²) in [5.41, 5.74) is -3.92. The number of nitrogens with zero attached hydrogens (tertiary/aromatic N) is 2. The van der Waals surface area contributed by atoms with Crippen LogP contribution in [0, 0.1) is 28.1 Å². The number of carbonyl (C=O) groups excluding carboxylic acids is 3. The lowest BCUT2D eigenvalue weighted by Gasteiger charge is -2.64. The predicted molar refractivity (Wildman–Crippen MR) is 155 cm³/mol. The summed E-state index contributed by atoms with van der Waals surface area (Å²) in [4.78, 5) is 43.4. The van der Waals surface area contributed by atoms with Gasteiger partial charge >= 0.3 is 12.1 Å². The van der Waals surface area contributed by atoms with Gasteiger partial charge in [0.2, 0.25) is 0 Å². The van der Waals surface area contributed by atoms with Gasteiger partial charge in [-0.3, -0.25) is 14.5 Å². The number of aliphatic hydroxyl groups is 2. The molecule has 0 aromatic heterocycles. The second-order valence-corrected chi connectivity index (χ2v) is 15.0. The highest BCUT2D eigenvalue weighted by molar-refractivity contribution is 5.86. The van der Waals surface area contributed by atoms with Crippen molar-refractivity contribution in [1.82, 2.24) is 9.80 Å². The summed E-state index contributed by atoms with van der Waals surface area (Å²) in [5, 5.41) is 23.4. The maximum absolute atomic E-state index is 13.6. The van der Waals surface area contributed by atoms with E-state index in [0.29, 0.717) is 45.3 Å². The summed E-state index contributed by atoms with van der Waals surface area (Å²) in [6, 6.07) is -0.0785. The number of amides is 1. The lowest BCUT2D eigenvalue weighted by atomic mass is 9.42. The summed E-state index contributed by atoms with van der Waals surface area (Å²) in [5.74, 6) is -1.03. The van der Waals surface area contributed by atoms with Crippen molar-refractivity contribution < 1.29 is 34.1 Å². The van der Waals surface area contributed by atoms with Gasteiger partial charge in [-0.2, -0.15) is 0 Å². The molecule has 9 heteroatoms. The zero-order chi connectivity index (χ0) is 30.8. The summed E-state index contributed by atoms with van der Waals surface area (Å²) in [7, 11) is 0. The second kappa shape index (κ2) is 10.6. The van der Waals surface area contributed by atoms with Crippen LogP contribution in [0.5, 0.6) is 0 Å². The Balaban J connectivity index is 1.55. The molecule has 0 aromatic carbocycles. The lowest BCUT2D eigenvalue weighted by molar-refractivity contribution is -0.253. The Morgan fingerprint density at radius 1 is 1.10 bits per heavy atom. The SMILES string of the molecule is C=CC1(C)CC(O)C2(C)C3C(=O)CCC3(CCC2(C)OC(=O)CN2CCN(C(=O)OC(C)(C)C)C[C@H]2C)C(C)C1O. The normalized spacial score (nSPS) is 43.5. The minimum Gasteiger partial charge on any atom is -0.458 e. The minimum absolute atomic E-state index is 0.0499. The zero-order valence-corrected chi connectivity index (χ0v) is 26.4. The topological polar surface area (TPSA) is 117 Å². The lowest BCUT2D eigenvalue weighted by Crippen LogP contribution is -2.69. The van der Waals surface area contributed by atoms with Crippen LogP contribution in [0.3, 0.4) is 0 Å². The van der Waals surface area contributed by atoms with Gasteiger partial charge in [-0.05, 0) is 71.6 Å². The van der Waals surface area contributed by atoms with E-state index >= 15 is 0 Å². The third-order valence-corrected chi connectivity index (χ3v) is 11.5. The Morgan fingerprint density at radius 3 is 2.34 bits per heavy atom. The van der Waals surface area contributed by atoms with Crippen LogP contribution in [0.2, 0.25) is 0 Å². The number of piperazine rings is 1. The van der Waals surface area contributed by atoms with Crippen LogP contribution in [-0.4, -0.2) is 93.5 Å². The van der Waals surface area contributed by atoms with E-state index in [1.165, 1.54) is 0 Å². The number of hydrogen-bond acceptors (Lipinski definition) is 8. The monoisotopic (exact) mass is 576 g/mol. The number of hydrogen-bond donors (Lipinski definition) is 2. The fourth-order valence-electron chi connectivity index (χ4n) is 8.65. The number of ketones is 1. The largest absolute Gasteiger partial charge is 0.458 e. The molecular weight excluding hydrogens is 524 g/mol. The van der Waals surface area contributed by atoms with Crippen LogP contribution >= 0.6 is 0 Å². The van der Waals surface area contributed by atoms with Crippen molar-refractivity contribution in [2.45, 2.75) is 117 Å². The van der Waals surface area contributed by atoms with E-state index in [2.05, 4.69) is 6.58 Å². The van der Waals surface area contributed by atoms with Gasteiger partial charge in [0.05, 0.1) is 18.8 Å². The van der Waals surface area contributed by atoms with Gasteiger partial charge in [-0.1, -0.05) is 26.8 Å². The summed E-state index contributed by atoms with van der Waals surface area (Å²) in [6.45, 7) is 20.7. The van der Waals surface area contributed by atoms with Crippen LogP contribution in [0.1, 0.15) is 87.5 Å². The fraction of sp³-hybridized carbons (Fsp3) is 0.844. The van der Waals surface area contributed by atoms with Crippen molar-refractivity contribution in [3.8, 4) is 0 Å². The van der Waals surface area contributed by atoms with Crippen molar-refractivity contribution >= 4 is 17.8 Å². The molecule has 1 heterocycles. The molecule has 1 saturated heterocycles. The van der Waals surface area contributed by atoms with Crippen molar-refractivity contribution in [1.29, 1.82) is 0 Å². The van der Waals surface area contributed by atoms with Gasteiger partial charge in [0.1, 0.15) is 17.0 Å². The Bertz CT molecular complexity index is 1070. The molecule has 2 N–H and O–H groups in total. The molecule has 0 aromatic rings. The molecule has 4 aliphatic rings. The van der Waals surface area contributed by atoms with Crippen LogP contribution in [-0.2, 0) is 19.1 Å². The number of Topliss-reactive ketones (excluding diaryl/α,β-unsaturated/α-hetero) is 1. The summed E-state index contributed by atoms with van der Waals surface area (Å²) in [6.07, 6.45) is 2.04. The van der Waals surface area contributed by atoms with Crippen LogP contribution in [0.15, 0.2) is 12.7 Å². The molecule has 4 rings (SSSR count). The van der Waals surface area contributed by atoms with Crippen LogP contribution in [0.4, 0.5) is 4.79 Å². The third-order valence-electron chi connectivity index (χ3n) is 11.5. The molecule has 41 heavy (non-hydrogen) atoms. The first-order valence-electron chi connectivity index (χ1n) is 15.3. The number of esters is 1. The third kappa shape index (κ3) is 5.24. The number of carbonyl (C=O) groups is 3. The summed E-state index contributed by atoms with van der Waals surface area (Å²) >= 11 is 0. The Kier molecular flexibility index (Phi) is 8.29. The maximum Gasteiger partial charge on any atom is 0.410 e. The molecule has 8 unspecified atom stereocenters. The van der Waals surface area contributed by atoms with E-state index in [1.54, 1.807) is 11.0 Å². The van der Waals surface area contributed by atoms with E-state index < -0.39 is 51.5 Å². The number of rotatable bonds is 4. The first-order valence-corrected chi connectivity index (χ1v) is 15.3. The zero-order valence-electron chi connectivity index (χ0n) is 26.4. The molecule has 9 nitrogen and oxygen atoms in total. The Morgan fingerprint density at radius 2 is 1.76 bits per heavy atom. The standard InChI is InChI=1S/C32H52N2O7/c1-10-29(7)17-23(36)31(9)25-22(35)11-12-32(25,21(3)26(29)38)14-13-30(31,8)40-24(37)19-33-15-16-34(18-20(33)2)27(39)41-28(4,5)6/h10,20-21,23,25-26,36,38H,1,11-19H2,2-9H3/t20-,21?,23?,25?,26?,29?,30?,31?,32?/m1/s1. The molecule has 232 valence electrons. The van der Waals surface area contributed by atoms with Crippen molar-refractivity contribution in [3.63, 3.8) is 0 Å². The van der Waals surface area contributed by atoms with E-state index in [1.807, 2.05) is 60.3 Å². The van der Waals surface area contributed by atoms with E-state index in [-0.39, 0.29) is 36.8 Å². The quantitative estimate of drug-likeness (QED) is 0.382. The van der Waals surface area contributed by atoms with E-state index in [9.17, 15) is 24.6 Å².